The number of benzene rings is 2. The molecule has 140 valence electrons. The minimum absolute atomic E-state index is 0.106. The van der Waals surface area contributed by atoms with E-state index in [0.717, 1.165) is 22.2 Å². The largest absolute Gasteiger partial charge is 0.493 e. The third-order valence-electron chi connectivity index (χ3n) is 3.91. The van der Waals surface area contributed by atoms with Crippen molar-refractivity contribution in [3.63, 3.8) is 0 Å². The van der Waals surface area contributed by atoms with E-state index < -0.39 is 0 Å². The Balaban J connectivity index is 1.81. The molecule has 5 nitrogen and oxygen atoms in total. The molecule has 1 aliphatic rings. The number of carbonyl (C=O) groups is 2. The van der Waals surface area contributed by atoms with Crippen LogP contribution in [-0.2, 0) is 11.3 Å². The van der Waals surface area contributed by atoms with Gasteiger partial charge in [-0.15, -0.1) is 0 Å². The third-order valence-corrected chi connectivity index (χ3v) is 4.82. The Morgan fingerprint density at radius 1 is 1.11 bits per heavy atom. The van der Waals surface area contributed by atoms with E-state index in [1.807, 2.05) is 6.92 Å². The Labute approximate surface area is 160 Å². The molecule has 2 aromatic carbocycles. The van der Waals surface area contributed by atoms with Crippen LogP contribution in [0.15, 0.2) is 47.4 Å². The van der Waals surface area contributed by atoms with Gasteiger partial charge in [0.25, 0.3) is 11.1 Å². The smallest absolute Gasteiger partial charge is 0.293 e. The first-order chi connectivity index (χ1) is 13.0. The fraction of sp³-hybridized carbons (Fsp3) is 0.200. The van der Waals surface area contributed by atoms with Gasteiger partial charge in [-0.3, -0.25) is 14.5 Å². The van der Waals surface area contributed by atoms with Crippen molar-refractivity contribution in [3.8, 4) is 11.5 Å². The van der Waals surface area contributed by atoms with Gasteiger partial charge in [-0.05, 0) is 60.2 Å². The average Bonchev–Trinajstić information content (AvgIpc) is 2.91. The summed E-state index contributed by atoms with van der Waals surface area (Å²) in [4.78, 5) is 26.3. The van der Waals surface area contributed by atoms with Gasteiger partial charge in [-0.25, -0.2) is 4.39 Å². The molecule has 1 heterocycles. The minimum Gasteiger partial charge on any atom is -0.493 e. The van der Waals surface area contributed by atoms with Crippen LogP contribution >= 0.6 is 11.8 Å². The van der Waals surface area contributed by atoms with Crippen LogP contribution in [0.3, 0.4) is 0 Å². The number of ether oxygens (including phenoxy) is 2. The van der Waals surface area contributed by atoms with Gasteiger partial charge in [-0.1, -0.05) is 18.2 Å². The van der Waals surface area contributed by atoms with Gasteiger partial charge in [0.1, 0.15) is 5.82 Å². The maximum Gasteiger partial charge on any atom is 0.293 e. The summed E-state index contributed by atoms with van der Waals surface area (Å²) in [5.41, 5.74) is 1.41. The SMILES string of the molecule is CCOc1cc(/C=C2/SC(=O)N(Cc3ccc(F)cc3)C2=O)ccc1OC. The molecule has 0 N–H and O–H groups in total. The predicted octanol–water partition coefficient (Wildman–Crippen LogP) is 4.47. The molecule has 0 bridgehead atoms. The van der Waals surface area contributed by atoms with Crippen LogP contribution in [0.2, 0.25) is 0 Å². The molecule has 1 fully saturated rings. The van der Waals surface area contributed by atoms with Crippen molar-refractivity contribution < 1.29 is 23.5 Å². The molecule has 1 saturated heterocycles. The van der Waals surface area contributed by atoms with E-state index in [9.17, 15) is 14.0 Å². The number of hydrogen-bond donors (Lipinski definition) is 0. The van der Waals surface area contributed by atoms with Crippen LogP contribution in [0.1, 0.15) is 18.1 Å². The van der Waals surface area contributed by atoms with Crippen LogP contribution in [0, 0.1) is 5.82 Å². The Morgan fingerprint density at radius 2 is 1.85 bits per heavy atom. The zero-order valence-corrected chi connectivity index (χ0v) is 15.7. The first-order valence-corrected chi connectivity index (χ1v) is 9.14. The van der Waals surface area contributed by atoms with Crippen molar-refractivity contribution in [2.75, 3.05) is 13.7 Å². The second kappa shape index (κ2) is 8.26. The molecular weight excluding hydrogens is 369 g/mol. The highest BCUT2D eigenvalue weighted by atomic mass is 32.2. The summed E-state index contributed by atoms with van der Waals surface area (Å²) < 4.78 is 23.8. The van der Waals surface area contributed by atoms with Gasteiger partial charge in [0, 0.05) is 0 Å². The van der Waals surface area contributed by atoms with E-state index >= 15 is 0 Å². The first-order valence-electron chi connectivity index (χ1n) is 8.32. The summed E-state index contributed by atoms with van der Waals surface area (Å²) in [6.45, 7) is 2.45. The van der Waals surface area contributed by atoms with E-state index in [-0.39, 0.29) is 23.5 Å². The van der Waals surface area contributed by atoms with Gasteiger partial charge in [0.15, 0.2) is 11.5 Å². The number of imide groups is 1. The molecule has 0 radical (unpaired) electrons. The standard InChI is InChI=1S/C20H18FNO4S/c1-3-26-17-10-14(6-9-16(17)25-2)11-18-19(23)22(20(24)27-18)12-13-4-7-15(21)8-5-13/h4-11H,3,12H2,1-2H3/b18-11+. The maximum absolute atomic E-state index is 13.0. The topological polar surface area (TPSA) is 55.8 Å². The van der Waals surface area contributed by atoms with Crippen molar-refractivity contribution in [1.82, 2.24) is 4.90 Å². The summed E-state index contributed by atoms with van der Waals surface area (Å²) in [6.07, 6.45) is 1.65. The lowest BCUT2D eigenvalue weighted by Crippen LogP contribution is -2.27. The monoisotopic (exact) mass is 387 g/mol. The van der Waals surface area contributed by atoms with Gasteiger partial charge in [0.05, 0.1) is 25.2 Å². The van der Waals surface area contributed by atoms with Crippen molar-refractivity contribution in [2.24, 2.45) is 0 Å². The highest BCUT2D eigenvalue weighted by Gasteiger charge is 2.35. The van der Waals surface area contributed by atoms with Crippen molar-refractivity contribution in [2.45, 2.75) is 13.5 Å². The lowest BCUT2D eigenvalue weighted by atomic mass is 10.1. The highest BCUT2D eigenvalue weighted by molar-refractivity contribution is 8.18. The molecular formula is C20H18FNO4S. The molecule has 0 saturated carbocycles. The van der Waals surface area contributed by atoms with E-state index in [1.165, 1.54) is 12.1 Å². The predicted molar refractivity (Wildman–Crippen MR) is 102 cm³/mol. The summed E-state index contributed by atoms with van der Waals surface area (Å²) >= 11 is 0.881. The molecule has 2 aromatic rings. The van der Waals surface area contributed by atoms with Crippen LogP contribution in [-0.4, -0.2) is 29.8 Å². The molecule has 3 rings (SSSR count). The Bertz CT molecular complexity index is 895. The zero-order valence-electron chi connectivity index (χ0n) is 14.9. The molecule has 0 aromatic heterocycles. The summed E-state index contributed by atoms with van der Waals surface area (Å²) in [5.74, 6) is 0.429. The molecule has 0 atom stereocenters. The van der Waals surface area contributed by atoms with E-state index in [2.05, 4.69) is 0 Å². The molecule has 0 unspecified atom stereocenters. The van der Waals surface area contributed by atoms with Crippen molar-refractivity contribution in [3.05, 3.63) is 64.3 Å². The molecule has 2 amide bonds. The Kier molecular flexibility index (Phi) is 5.81. The Hall–Kier alpha value is -2.80. The van der Waals surface area contributed by atoms with Gasteiger partial charge in [0.2, 0.25) is 0 Å². The molecule has 7 heteroatoms. The van der Waals surface area contributed by atoms with Crippen molar-refractivity contribution in [1.29, 1.82) is 0 Å². The molecule has 1 aliphatic heterocycles. The highest BCUT2D eigenvalue weighted by Crippen LogP contribution is 2.35. The minimum atomic E-state index is -0.372. The van der Waals surface area contributed by atoms with Gasteiger partial charge in [-0.2, -0.15) is 0 Å². The lowest BCUT2D eigenvalue weighted by molar-refractivity contribution is -0.123. The fourth-order valence-electron chi connectivity index (χ4n) is 2.61. The third kappa shape index (κ3) is 4.31. The van der Waals surface area contributed by atoms with E-state index in [0.29, 0.717) is 28.6 Å². The van der Waals surface area contributed by atoms with E-state index in [1.54, 1.807) is 43.5 Å². The number of amides is 2. The summed E-state index contributed by atoms with van der Waals surface area (Å²) in [6, 6.07) is 11.0. The van der Waals surface area contributed by atoms with Gasteiger partial charge < -0.3 is 9.47 Å². The zero-order chi connectivity index (χ0) is 19.4. The average molecular weight is 387 g/mol. The van der Waals surface area contributed by atoms with Crippen LogP contribution in [0.4, 0.5) is 9.18 Å². The number of thioether (sulfide) groups is 1. The first kappa shape index (κ1) is 19.0. The summed E-state index contributed by atoms with van der Waals surface area (Å²) in [7, 11) is 1.55. The van der Waals surface area contributed by atoms with Crippen LogP contribution in [0.5, 0.6) is 11.5 Å². The number of rotatable bonds is 6. The number of hydrogen-bond acceptors (Lipinski definition) is 5. The second-order valence-electron chi connectivity index (χ2n) is 5.74. The summed E-state index contributed by atoms with van der Waals surface area (Å²) in [5, 5.41) is -0.353. The van der Waals surface area contributed by atoms with Crippen LogP contribution < -0.4 is 9.47 Å². The maximum atomic E-state index is 13.0. The molecule has 27 heavy (non-hydrogen) atoms. The van der Waals surface area contributed by atoms with Gasteiger partial charge >= 0.3 is 0 Å². The normalized spacial score (nSPS) is 15.5. The molecule has 0 spiro atoms. The Morgan fingerprint density at radius 3 is 2.52 bits per heavy atom. The second-order valence-corrected chi connectivity index (χ2v) is 6.73. The molecule has 0 aliphatic carbocycles. The fourth-order valence-corrected chi connectivity index (χ4v) is 3.45. The number of nitrogens with zero attached hydrogens (tertiary/aromatic N) is 1. The quantitative estimate of drug-likeness (QED) is 0.685. The number of methoxy groups -OCH3 is 1. The number of halogens is 1. The van der Waals surface area contributed by atoms with Crippen molar-refractivity contribution >= 4 is 29.0 Å². The lowest BCUT2D eigenvalue weighted by Gasteiger charge is -2.12. The van der Waals surface area contributed by atoms with E-state index in [4.69, 9.17) is 9.47 Å². The number of carbonyl (C=O) groups excluding carboxylic acids is 2. The van der Waals surface area contributed by atoms with Crippen LogP contribution in [0.25, 0.3) is 6.08 Å².